The van der Waals surface area contributed by atoms with Gasteiger partial charge in [0.1, 0.15) is 5.82 Å². The molecule has 0 aliphatic carbocycles. The average molecular weight is 277 g/mol. The minimum absolute atomic E-state index is 0.244. The van der Waals surface area contributed by atoms with E-state index in [1.165, 1.54) is 12.1 Å². The van der Waals surface area contributed by atoms with Crippen LogP contribution < -0.4 is 10.6 Å². The number of piperazine rings is 1. The number of imidazole rings is 1. The van der Waals surface area contributed by atoms with E-state index in [1.807, 2.05) is 0 Å². The van der Waals surface area contributed by atoms with Crippen molar-refractivity contribution in [2.75, 3.05) is 44.6 Å². The van der Waals surface area contributed by atoms with Gasteiger partial charge in [-0.3, -0.25) is 0 Å². The van der Waals surface area contributed by atoms with Crippen LogP contribution in [0.25, 0.3) is 11.0 Å². The maximum absolute atomic E-state index is 13.1. The Kier molecular flexibility index (Phi) is 4.13. The van der Waals surface area contributed by atoms with Gasteiger partial charge in [-0.05, 0) is 31.2 Å². The van der Waals surface area contributed by atoms with E-state index < -0.39 is 0 Å². The molecule has 1 aliphatic heterocycles. The number of nitrogens with one attached hydrogen (secondary N) is 3. The van der Waals surface area contributed by atoms with Crippen LogP contribution in [0.15, 0.2) is 18.2 Å². The van der Waals surface area contributed by atoms with Gasteiger partial charge in [0.15, 0.2) is 0 Å². The summed E-state index contributed by atoms with van der Waals surface area (Å²) in [5, 5.41) is 6.61. The van der Waals surface area contributed by atoms with Crippen molar-refractivity contribution in [2.45, 2.75) is 6.42 Å². The molecular formula is C14H20FN5. The molecule has 1 aromatic carbocycles. The number of aromatic nitrogens is 2. The summed E-state index contributed by atoms with van der Waals surface area (Å²) in [6, 6.07) is 4.58. The van der Waals surface area contributed by atoms with Gasteiger partial charge in [0.25, 0.3) is 0 Å². The first-order chi connectivity index (χ1) is 9.81. The molecule has 0 spiro atoms. The first-order valence-corrected chi connectivity index (χ1v) is 7.13. The average Bonchev–Trinajstić information content (AvgIpc) is 2.86. The van der Waals surface area contributed by atoms with Gasteiger partial charge in [0.05, 0.1) is 11.0 Å². The van der Waals surface area contributed by atoms with Crippen LogP contribution in [-0.2, 0) is 0 Å². The maximum atomic E-state index is 13.1. The number of H-pyrrole nitrogens is 1. The zero-order valence-electron chi connectivity index (χ0n) is 11.5. The number of anilines is 1. The Morgan fingerprint density at radius 2 is 2.15 bits per heavy atom. The molecule has 1 saturated heterocycles. The fraction of sp³-hybridized carbons (Fsp3) is 0.500. The van der Waals surface area contributed by atoms with Crippen LogP contribution in [0.4, 0.5) is 10.3 Å². The van der Waals surface area contributed by atoms with Crippen molar-refractivity contribution >= 4 is 17.0 Å². The lowest BCUT2D eigenvalue weighted by Gasteiger charge is -2.26. The number of hydrogen-bond acceptors (Lipinski definition) is 4. The van der Waals surface area contributed by atoms with Gasteiger partial charge in [0.2, 0.25) is 5.95 Å². The van der Waals surface area contributed by atoms with E-state index in [1.54, 1.807) is 6.07 Å². The van der Waals surface area contributed by atoms with E-state index in [2.05, 4.69) is 25.5 Å². The predicted octanol–water partition coefficient (Wildman–Crippen LogP) is 1.41. The SMILES string of the molecule is Fc1ccc2nc(NCCCN3CCNCC3)[nH]c2c1. The third kappa shape index (κ3) is 3.26. The molecule has 108 valence electrons. The van der Waals surface area contributed by atoms with Crippen LogP contribution in [0.2, 0.25) is 0 Å². The fourth-order valence-electron chi connectivity index (χ4n) is 2.51. The van der Waals surface area contributed by atoms with Crippen molar-refractivity contribution < 1.29 is 4.39 Å². The highest BCUT2D eigenvalue weighted by Crippen LogP contribution is 2.15. The van der Waals surface area contributed by atoms with Crippen molar-refractivity contribution in [3.63, 3.8) is 0 Å². The first-order valence-electron chi connectivity index (χ1n) is 7.13. The Balaban J connectivity index is 1.47. The van der Waals surface area contributed by atoms with Gasteiger partial charge >= 0.3 is 0 Å². The Hall–Kier alpha value is -1.66. The van der Waals surface area contributed by atoms with Crippen LogP contribution in [0, 0.1) is 5.82 Å². The molecule has 20 heavy (non-hydrogen) atoms. The monoisotopic (exact) mass is 277 g/mol. The lowest BCUT2D eigenvalue weighted by atomic mass is 10.3. The van der Waals surface area contributed by atoms with E-state index >= 15 is 0 Å². The van der Waals surface area contributed by atoms with Gasteiger partial charge in [0, 0.05) is 32.7 Å². The van der Waals surface area contributed by atoms with Gasteiger partial charge in [-0.2, -0.15) is 0 Å². The maximum Gasteiger partial charge on any atom is 0.201 e. The Labute approximate surface area is 117 Å². The van der Waals surface area contributed by atoms with E-state index in [0.29, 0.717) is 5.95 Å². The zero-order valence-corrected chi connectivity index (χ0v) is 11.5. The molecule has 5 nitrogen and oxygen atoms in total. The molecule has 6 heteroatoms. The summed E-state index contributed by atoms with van der Waals surface area (Å²) < 4.78 is 13.1. The minimum atomic E-state index is -0.244. The topological polar surface area (TPSA) is 56.0 Å². The number of benzene rings is 1. The molecule has 0 bridgehead atoms. The van der Waals surface area contributed by atoms with Crippen LogP contribution in [0.1, 0.15) is 6.42 Å². The third-order valence-corrected chi connectivity index (χ3v) is 3.60. The predicted molar refractivity (Wildman–Crippen MR) is 78.5 cm³/mol. The summed E-state index contributed by atoms with van der Waals surface area (Å²) in [7, 11) is 0. The number of aromatic amines is 1. The Morgan fingerprint density at radius 3 is 3.00 bits per heavy atom. The lowest BCUT2D eigenvalue weighted by Crippen LogP contribution is -2.44. The smallest absolute Gasteiger partial charge is 0.201 e. The Bertz CT molecular complexity index is 562. The summed E-state index contributed by atoms with van der Waals surface area (Å²) in [6.45, 7) is 6.40. The van der Waals surface area contributed by atoms with E-state index in [-0.39, 0.29) is 5.82 Å². The van der Waals surface area contributed by atoms with Crippen molar-refractivity contribution in [2.24, 2.45) is 0 Å². The fourth-order valence-corrected chi connectivity index (χ4v) is 2.51. The molecule has 1 aliphatic rings. The molecule has 2 heterocycles. The second-order valence-electron chi connectivity index (χ2n) is 5.12. The van der Waals surface area contributed by atoms with Gasteiger partial charge in [-0.15, -0.1) is 0 Å². The number of rotatable bonds is 5. The second kappa shape index (κ2) is 6.19. The summed E-state index contributed by atoms with van der Waals surface area (Å²) in [6.07, 6.45) is 1.07. The van der Waals surface area contributed by atoms with Crippen LogP contribution in [0.3, 0.4) is 0 Å². The number of halogens is 1. The van der Waals surface area contributed by atoms with Crippen molar-refractivity contribution in [1.29, 1.82) is 0 Å². The summed E-state index contributed by atoms with van der Waals surface area (Å²) >= 11 is 0. The van der Waals surface area contributed by atoms with E-state index in [4.69, 9.17) is 0 Å². The van der Waals surface area contributed by atoms with Crippen molar-refractivity contribution in [1.82, 2.24) is 20.2 Å². The van der Waals surface area contributed by atoms with Gasteiger partial charge in [-0.1, -0.05) is 0 Å². The highest BCUT2D eigenvalue weighted by Gasteiger charge is 2.08. The number of hydrogen-bond donors (Lipinski definition) is 3. The van der Waals surface area contributed by atoms with Gasteiger partial charge < -0.3 is 20.5 Å². The molecule has 2 aromatic rings. The number of fused-ring (bicyclic) bond motifs is 1. The van der Waals surface area contributed by atoms with Crippen LogP contribution in [0.5, 0.6) is 0 Å². The zero-order chi connectivity index (χ0) is 13.8. The Morgan fingerprint density at radius 1 is 1.30 bits per heavy atom. The molecule has 0 atom stereocenters. The standard InChI is InChI=1S/C14H20FN5/c15-11-2-3-12-13(10-11)19-14(18-12)17-4-1-7-20-8-5-16-6-9-20/h2-3,10,16H,1,4-9H2,(H2,17,18,19). The molecule has 0 amide bonds. The minimum Gasteiger partial charge on any atom is -0.356 e. The molecule has 1 aromatic heterocycles. The normalized spacial score (nSPS) is 16.6. The molecule has 3 rings (SSSR count). The van der Waals surface area contributed by atoms with Crippen LogP contribution >= 0.6 is 0 Å². The highest BCUT2D eigenvalue weighted by atomic mass is 19.1. The molecule has 1 fully saturated rings. The number of nitrogens with zero attached hydrogens (tertiary/aromatic N) is 2. The summed E-state index contributed by atoms with van der Waals surface area (Å²) in [5.41, 5.74) is 1.52. The second-order valence-corrected chi connectivity index (χ2v) is 5.12. The quantitative estimate of drug-likeness (QED) is 0.723. The molecular weight excluding hydrogens is 257 g/mol. The molecule has 0 saturated carbocycles. The highest BCUT2D eigenvalue weighted by molar-refractivity contribution is 5.77. The van der Waals surface area contributed by atoms with Crippen LogP contribution in [-0.4, -0.2) is 54.1 Å². The van der Waals surface area contributed by atoms with Crippen molar-refractivity contribution in [3.05, 3.63) is 24.0 Å². The van der Waals surface area contributed by atoms with Gasteiger partial charge in [-0.25, -0.2) is 9.37 Å². The molecule has 0 radical (unpaired) electrons. The summed E-state index contributed by atoms with van der Waals surface area (Å²) in [5.74, 6) is 0.470. The summed E-state index contributed by atoms with van der Waals surface area (Å²) in [4.78, 5) is 9.93. The van der Waals surface area contributed by atoms with E-state index in [9.17, 15) is 4.39 Å². The first kappa shape index (κ1) is 13.3. The van der Waals surface area contributed by atoms with Crippen molar-refractivity contribution in [3.8, 4) is 0 Å². The third-order valence-electron chi connectivity index (χ3n) is 3.60. The van der Waals surface area contributed by atoms with E-state index in [0.717, 1.165) is 56.7 Å². The molecule has 0 unspecified atom stereocenters. The molecule has 3 N–H and O–H groups in total. The largest absolute Gasteiger partial charge is 0.356 e. The lowest BCUT2D eigenvalue weighted by molar-refractivity contribution is 0.240.